The number of rotatable bonds is 7. The lowest BCUT2D eigenvalue weighted by atomic mass is 10.2. The molecule has 2 N–H and O–H groups in total. The van der Waals surface area contributed by atoms with E-state index >= 15 is 0 Å². The molecule has 0 heterocycles. The minimum atomic E-state index is -0.654. The van der Waals surface area contributed by atoms with Gasteiger partial charge in [-0.3, -0.25) is 0 Å². The smallest absolute Gasteiger partial charge is 0.143 e. The molecule has 1 unspecified atom stereocenters. The summed E-state index contributed by atoms with van der Waals surface area (Å²) in [6.45, 7) is 4.77. The Morgan fingerprint density at radius 2 is 2.17 bits per heavy atom. The molecule has 0 saturated heterocycles. The van der Waals surface area contributed by atoms with Gasteiger partial charge in [0.2, 0.25) is 0 Å². The van der Waals surface area contributed by atoms with Gasteiger partial charge in [-0.25, -0.2) is 0 Å². The molecule has 5 heteroatoms. The molecule has 0 fully saturated rings. The Balaban J connectivity index is 2.27. The third-order valence-electron chi connectivity index (χ3n) is 2.22. The van der Waals surface area contributed by atoms with Crippen molar-refractivity contribution in [1.29, 1.82) is 0 Å². The second kappa shape index (κ2) is 8.08. The molecule has 0 radical (unpaired) electrons. The highest BCUT2D eigenvalue weighted by molar-refractivity contribution is 6.31. The summed E-state index contributed by atoms with van der Waals surface area (Å²) in [4.78, 5) is 5.08. The summed E-state index contributed by atoms with van der Waals surface area (Å²) in [5.74, 6) is 0. The first-order valence-corrected chi connectivity index (χ1v) is 6.27. The van der Waals surface area contributed by atoms with Crippen LogP contribution in [0.25, 0.3) is 0 Å². The number of nitrogens with zero attached hydrogens (tertiary/aromatic N) is 1. The van der Waals surface area contributed by atoms with Gasteiger partial charge in [-0.15, -0.1) is 0 Å². The third-order valence-corrected chi connectivity index (χ3v) is 2.59. The van der Waals surface area contributed by atoms with Crippen molar-refractivity contribution >= 4 is 17.8 Å². The highest BCUT2D eigenvalue weighted by Gasteiger charge is 2.01. The van der Waals surface area contributed by atoms with Crippen molar-refractivity contribution in [3.63, 3.8) is 0 Å². The van der Waals surface area contributed by atoms with Gasteiger partial charge in [0.25, 0.3) is 0 Å². The number of hydrogen-bond donors (Lipinski definition) is 2. The Labute approximate surface area is 113 Å². The lowest BCUT2D eigenvalue weighted by Gasteiger charge is -2.09. The summed E-state index contributed by atoms with van der Waals surface area (Å²) >= 11 is 5.96. The van der Waals surface area contributed by atoms with E-state index in [4.69, 9.17) is 16.4 Å². The quantitative estimate of drug-likeness (QED) is 0.590. The molecule has 18 heavy (non-hydrogen) atoms. The molecule has 100 valence electrons. The molecule has 4 nitrogen and oxygen atoms in total. The molecule has 0 amide bonds. The summed E-state index contributed by atoms with van der Waals surface area (Å²) in [6, 6.07) is 7.74. The second-order valence-electron chi connectivity index (χ2n) is 4.25. The zero-order valence-electron chi connectivity index (χ0n) is 10.6. The number of halogens is 1. The molecule has 1 rings (SSSR count). The standard InChI is InChI=1S/C13H19ClN2O2/c1-10(2)15-7-12(17)8-16-18-9-11-5-3-4-6-13(11)14/h3-6,8,10,12,15,17H,7,9H2,1-2H3/b16-8+. The van der Waals surface area contributed by atoms with Gasteiger partial charge >= 0.3 is 0 Å². The minimum Gasteiger partial charge on any atom is -0.391 e. The first-order valence-electron chi connectivity index (χ1n) is 5.90. The molecule has 0 aliphatic heterocycles. The molecular weight excluding hydrogens is 252 g/mol. The SMILES string of the molecule is CC(C)NCC(O)/C=N/OCc1ccccc1Cl. The predicted molar refractivity (Wildman–Crippen MR) is 73.9 cm³/mol. The van der Waals surface area contributed by atoms with Crippen molar-refractivity contribution in [2.24, 2.45) is 5.16 Å². The van der Waals surface area contributed by atoms with Crippen LogP contribution in [0.2, 0.25) is 5.02 Å². The van der Waals surface area contributed by atoms with Crippen LogP contribution in [0.15, 0.2) is 29.4 Å². The van der Waals surface area contributed by atoms with Crippen LogP contribution < -0.4 is 5.32 Å². The van der Waals surface area contributed by atoms with E-state index in [1.165, 1.54) is 6.21 Å². The van der Waals surface area contributed by atoms with Gasteiger partial charge in [0.05, 0.1) is 6.21 Å². The van der Waals surface area contributed by atoms with Crippen LogP contribution in [-0.4, -0.2) is 30.0 Å². The average molecular weight is 271 g/mol. The van der Waals surface area contributed by atoms with Crippen LogP contribution in [0.1, 0.15) is 19.4 Å². The first-order chi connectivity index (χ1) is 8.59. The van der Waals surface area contributed by atoms with Crippen molar-refractivity contribution in [3.8, 4) is 0 Å². The third kappa shape index (κ3) is 6.00. The number of aliphatic hydroxyl groups is 1. The molecular formula is C13H19ClN2O2. The van der Waals surface area contributed by atoms with Gasteiger partial charge < -0.3 is 15.3 Å². The summed E-state index contributed by atoms with van der Waals surface area (Å²) in [6.07, 6.45) is 0.713. The Morgan fingerprint density at radius 3 is 2.83 bits per heavy atom. The van der Waals surface area contributed by atoms with E-state index in [1.54, 1.807) is 6.07 Å². The Kier molecular flexibility index (Phi) is 6.72. The lowest BCUT2D eigenvalue weighted by Crippen LogP contribution is -2.32. The van der Waals surface area contributed by atoms with Crippen molar-refractivity contribution in [1.82, 2.24) is 5.32 Å². The normalized spacial score (nSPS) is 13.2. The van der Waals surface area contributed by atoms with Crippen LogP contribution in [0.5, 0.6) is 0 Å². The fourth-order valence-corrected chi connectivity index (χ4v) is 1.43. The van der Waals surface area contributed by atoms with Gasteiger partial charge in [-0.05, 0) is 6.07 Å². The molecule has 0 aromatic heterocycles. The fourth-order valence-electron chi connectivity index (χ4n) is 1.24. The number of oxime groups is 1. The van der Waals surface area contributed by atoms with E-state index in [1.807, 2.05) is 32.0 Å². The zero-order chi connectivity index (χ0) is 13.4. The van der Waals surface area contributed by atoms with Crippen molar-refractivity contribution < 1.29 is 9.94 Å². The lowest BCUT2D eigenvalue weighted by molar-refractivity contribution is 0.127. The summed E-state index contributed by atoms with van der Waals surface area (Å²) in [7, 11) is 0. The van der Waals surface area contributed by atoms with E-state index in [0.717, 1.165) is 5.56 Å². The minimum absolute atomic E-state index is 0.292. The van der Waals surface area contributed by atoms with Crippen LogP contribution in [0, 0.1) is 0 Å². The Hall–Kier alpha value is -1.10. The van der Waals surface area contributed by atoms with Crippen LogP contribution >= 0.6 is 11.6 Å². The molecule has 0 spiro atoms. The maximum Gasteiger partial charge on any atom is 0.143 e. The van der Waals surface area contributed by atoms with Gasteiger partial charge in [-0.1, -0.05) is 48.8 Å². The predicted octanol–water partition coefficient (Wildman–Crippen LogP) is 2.20. The highest BCUT2D eigenvalue weighted by Crippen LogP contribution is 2.15. The van der Waals surface area contributed by atoms with E-state index in [2.05, 4.69) is 10.5 Å². The number of aliphatic hydroxyl groups excluding tert-OH is 1. The Morgan fingerprint density at radius 1 is 1.44 bits per heavy atom. The number of benzene rings is 1. The number of nitrogens with one attached hydrogen (secondary N) is 1. The van der Waals surface area contributed by atoms with E-state index in [0.29, 0.717) is 24.2 Å². The van der Waals surface area contributed by atoms with Crippen LogP contribution in [0.3, 0.4) is 0 Å². The fraction of sp³-hybridized carbons (Fsp3) is 0.462. The number of hydrogen-bond acceptors (Lipinski definition) is 4. The van der Waals surface area contributed by atoms with Crippen LogP contribution in [-0.2, 0) is 11.4 Å². The monoisotopic (exact) mass is 270 g/mol. The van der Waals surface area contributed by atoms with Gasteiger partial charge in [0, 0.05) is 23.2 Å². The van der Waals surface area contributed by atoms with E-state index < -0.39 is 6.10 Å². The van der Waals surface area contributed by atoms with Gasteiger partial charge in [-0.2, -0.15) is 0 Å². The van der Waals surface area contributed by atoms with Crippen molar-refractivity contribution in [3.05, 3.63) is 34.9 Å². The first kappa shape index (κ1) is 15.0. The van der Waals surface area contributed by atoms with Crippen molar-refractivity contribution in [2.75, 3.05) is 6.54 Å². The largest absolute Gasteiger partial charge is 0.391 e. The van der Waals surface area contributed by atoms with E-state index in [9.17, 15) is 5.11 Å². The molecule has 0 aliphatic rings. The summed E-state index contributed by atoms with van der Waals surface area (Å²) in [5, 5.41) is 17.0. The summed E-state index contributed by atoms with van der Waals surface area (Å²) < 4.78 is 0. The van der Waals surface area contributed by atoms with Crippen molar-refractivity contribution in [2.45, 2.75) is 32.6 Å². The topological polar surface area (TPSA) is 53.8 Å². The highest BCUT2D eigenvalue weighted by atomic mass is 35.5. The van der Waals surface area contributed by atoms with E-state index in [-0.39, 0.29) is 0 Å². The molecule has 1 aromatic carbocycles. The molecule has 1 aromatic rings. The van der Waals surface area contributed by atoms with Gasteiger partial charge in [0.1, 0.15) is 12.7 Å². The summed E-state index contributed by atoms with van der Waals surface area (Å²) in [5.41, 5.74) is 0.867. The molecule has 0 saturated carbocycles. The molecule has 1 atom stereocenters. The molecule has 0 aliphatic carbocycles. The molecule has 0 bridgehead atoms. The zero-order valence-corrected chi connectivity index (χ0v) is 11.4. The second-order valence-corrected chi connectivity index (χ2v) is 4.66. The Bertz CT molecular complexity index is 383. The van der Waals surface area contributed by atoms with Gasteiger partial charge in [0.15, 0.2) is 0 Å². The maximum atomic E-state index is 9.53. The van der Waals surface area contributed by atoms with Crippen LogP contribution in [0.4, 0.5) is 0 Å². The average Bonchev–Trinajstić information content (AvgIpc) is 2.34. The maximum absolute atomic E-state index is 9.53.